The van der Waals surface area contributed by atoms with Gasteiger partial charge in [0.05, 0.1) is 20.6 Å². The topological polar surface area (TPSA) is 26.3 Å². The Morgan fingerprint density at radius 2 is 1.94 bits per heavy atom. The number of unbranched alkanes of at least 4 members (excludes halogenated alkanes) is 2. The molecule has 0 saturated carbocycles. The van der Waals surface area contributed by atoms with Gasteiger partial charge < -0.3 is 26.2 Å². The summed E-state index contributed by atoms with van der Waals surface area (Å²) >= 11 is 0. The number of carbonyl (C=O) groups is 1. The first kappa shape index (κ1) is 18.0. The van der Waals surface area contributed by atoms with E-state index in [4.69, 9.17) is 4.74 Å². The lowest BCUT2D eigenvalue weighted by Crippen LogP contribution is -3.00. The molecule has 0 atom stereocenters. The predicted octanol–water partition coefficient (Wildman–Crippen LogP) is -1.01. The van der Waals surface area contributed by atoms with Crippen LogP contribution in [0.3, 0.4) is 0 Å². The van der Waals surface area contributed by atoms with Crippen molar-refractivity contribution in [3.05, 3.63) is 12.7 Å². The van der Waals surface area contributed by atoms with E-state index in [0.29, 0.717) is 6.61 Å². The van der Waals surface area contributed by atoms with Crippen LogP contribution in [0.25, 0.3) is 0 Å². The van der Waals surface area contributed by atoms with Crippen LogP contribution in [0.4, 0.5) is 0 Å². The van der Waals surface area contributed by atoms with Crippen LogP contribution in [0.1, 0.15) is 26.2 Å². The molecule has 0 radical (unpaired) electrons. The summed E-state index contributed by atoms with van der Waals surface area (Å²) in [6, 6.07) is 0. The van der Waals surface area contributed by atoms with E-state index < -0.39 is 0 Å². The fraction of sp³-hybridized carbons (Fsp3) is 0.750. The second kappa shape index (κ2) is 9.85. The maximum absolute atomic E-state index is 10.8. The van der Waals surface area contributed by atoms with Gasteiger partial charge in [-0.25, -0.2) is 4.79 Å². The van der Waals surface area contributed by atoms with Gasteiger partial charge in [-0.2, -0.15) is 0 Å². The summed E-state index contributed by atoms with van der Waals surface area (Å²) in [5.41, 5.74) is 0. The summed E-state index contributed by atoms with van der Waals surface area (Å²) in [6.07, 6.45) is 4.95. The molecule has 0 N–H and O–H groups in total. The van der Waals surface area contributed by atoms with Gasteiger partial charge in [-0.3, -0.25) is 0 Å². The van der Waals surface area contributed by atoms with Crippen molar-refractivity contribution in [2.45, 2.75) is 26.2 Å². The first-order valence-electron chi connectivity index (χ1n) is 5.63. The molecule has 0 fully saturated rings. The number of carbonyl (C=O) groups excluding carboxylic acids is 1. The minimum atomic E-state index is -0.330. The van der Waals surface area contributed by atoms with Gasteiger partial charge in [0.2, 0.25) is 0 Å². The van der Waals surface area contributed by atoms with Crippen LogP contribution < -0.4 is 17.0 Å². The Balaban J connectivity index is 0. The number of hydrogen-bond acceptors (Lipinski definition) is 2. The number of halogens is 1. The SMILES string of the molecule is C=CC(=O)OCC[N+](C)(C)CCCCC.[Br-]. The van der Waals surface area contributed by atoms with Gasteiger partial charge in [-0.15, -0.1) is 0 Å². The Kier molecular flexibility index (Phi) is 11.1. The molecule has 0 unspecified atom stereocenters. The zero-order valence-electron chi connectivity index (χ0n) is 10.7. The molecular weight excluding hydrogens is 270 g/mol. The number of ether oxygens (including phenoxy) is 1. The summed E-state index contributed by atoms with van der Waals surface area (Å²) in [5.74, 6) is -0.330. The quantitative estimate of drug-likeness (QED) is 0.248. The summed E-state index contributed by atoms with van der Waals surface area (Å²) in [7, 11) is 4.33. The lowest BCUT2D eigenvalue weighted by Gasteiger charge is -2.29. The zero-order chi connectivity index (χ0) is 11.7. The van der Waals surface area contributed by atoms with E-state index in [1.807, 2.05) is 0 Å². The first-order valence-corrected chi connectivity index (χ1v) is 5.63. The molecule has 0 aliphatic carbocycles. The molecule has 0 spiro atoms. The summed E-state index contributed by atoms with van der Waals surface area (Å²) in [6.45, 7) is 8.04. The van der Waals surface area contributed by atoms with E-state index in [-0.39, 0.29) is 23.0 Å². The normalized spacial score (nSPS) is 10.4. The van der Waals surface area contributed by atoms with Crippen LogP contribution in [0, 0.1) is 0 Å². The Labute approximate surface area is 110 Å². The Hall–Kier alpha value is -0.350. The second-order valence-corrected chi connectivity index (χ2v) is 4.46. The highest BCUT2D eigenvalue weighted by Crippen LogP contribution is 2.03. The number of likely N-dealkylation sites (N-methyl/N-ethyl adjacent to an activating group) is 1. The van der Waals surface area contributed by atoms with Gasteiger partial charge >= 0.3 is 5.97 Å². The lowest BCUT2D eigenvalue weighted by atomic mass is 10.2. The maximum Gasteiger partial charge on any atom is 0.330 e. The summed E-state index contributed by atoms with van der Waals surface area (Å²) < 4.78 is 5.87. The molecule has 0 bridgehead atoms. The molecule has 0 aromatic rings. The molecule has 0 rings (SSSR count). The van der Waals surface area contributed by atoms with Gasteiger partial charge in [-0.05, 0) is 12.8 Å². The van der Waals surface area contributed by atoms with Gasteiger partial charge in [0, 0.05) is 6.08 Å². The molecule has 4 heteroatoms. The molecule has 0 aromatic heterocycles. The Morgan fingerprint density at radius 3 is 2.44 bits per heavy atom. The van der Waals surface area contributed by atoms with Crippen molar-refractivity contribution in [3.63, 3.8) is 0 Å². The van der Waals surface area contributed by atoms with Gasteiger partial charge in [0.1, 0.15) is 13.2 Å². The number of esters is 1. The minimum Gasteiger partial charge on any atom is -1.00 e. The summed E-state index contributed by atoms with van der Waals surface area (Å²) in [4.78, 5) is 10.8. The highest BCUT2D eigenvalue weighted by Gasteiger charge is 2.14. The molecule has 0 aromatic carbocycles. The third-order valence-electron chi connectivity index (χ3n) is 2.47. The average molecular weight is 294 g/mol. The van der Waals surface area contributed by atoms with E-state index in [1.165, 1.54) is 25.3 Å². The van der Waals surface area contributed by atoms with Crippen LogP contribution in [-0.4, -0.2) is 44.2 Å². The van der Waals surface area contributed by atoms with E-state index in [2.05, 4.69) is 27.6 Å². The van der Waals surface area contributed by atoms with E-state index in [0.717, 1.165) is 17.6 Å². The second-order valence-electron chi connectivity index (χ2n) is 4.46. The molecule has 96 valence electrons. The first-order chi connectivity index (χ1) is 7.02. The van der Waals surface area contributed by atoms with E-state index >= 15 is 0 Å². The van der Waals surface area contributed by atoms with Crippen LogP contribution in [0.15, 0.2) is 12.7 Å². The highest BCUT2D eigenvalue weighted by atomic mass is 79.9. The molecule has 0 amide bonds. The van der Waals surface area contributed by atoms with Crippen molar-refractivity contribution >= 4 is 5.97 Å². The van der Waals surface area contributed by atoms with Crippen molar-refractivity contribution in [3.8, 4) is 0 Å². The highest BCUT2D eigenvalue weighted by molar-refractivity contribution is 5.81. The number of hydrogen-bond donors (Lipinski definition) is 0. The van der Waals surface area contributed by atoms with Crippen LogP contribution >= 0.6 is 0 Å². The van der Waals surface area contributed by atoms with Gasteiger partial charge in [0.25, 0.3) is 0 Å². The van der Waals surface area contributed by atoms with Crippen LogP contribution in [-0.2, 0) is 9.53 Å². The fourth-order valence-electron chi connectivity index (χ4n) is 1.35. The standard InChI is InChI=1S/C12H24NO2.BrH/c1-5-7-8-9-13(3,4)10-11-15-12(14)6-2;/h6H,2,5,7-11H2,1,3-4H3;1H/q+1;/p-1. The Bertz CT molecular complexity index is 205. The van der Waals surface area contributed by atoms with E-state index in [1.54, 1.807) is 0 Å². The predicted molar refractivity (Wildman–Crippen MR) is 62.5 cm³/mol. The molecule has 0 aliphatic rings. The lowest BCUT2D eigenvalue weighted by molar-refractivity contribution is -0.890. The van der Waals surface area contributed by atoms with Gasteiger partial charge in [-0.1, -0.05) is 19.9 Å². The molecule has 0 aliphatic heterocycles. The number of nitrogens with zero attached hydrogens (tertiary/aromatic N) is 1. The molecule has 0 saturated heterocycles. The largest absolute Gasteiger partial charge is 1.00 e. The van der Waals surface area contributed by atoms with Crippen molar-refractivity contribution < 1.29 is 31.0 Å². The third-order valence-corrected chi connectivity index (χ3v) is 2.47. The maximum atomic E-state index is 10.8. The molecule has 16 heavy (non-hydrogen) atoms. The monoisotopic (exact) mass is 293 g/mol. The molecule has 0 heterocycles. The minimum absolute atomic E-state index is 0. The average Bonchev–Trinajstić information content (AvgIpc) is 2.17. The van der Waals surface area contributed by atoms with Crippen LogP contribution in [0.2, 0.25) is 0 Å². The Morgan fingerprint density at radius 1 is 1.31 bits per heavy atom. The number of rotatable bonds is 8. The van der Waals surface area contributed by atoms with Crippen LogP contribution in [0.5, 0.6) is 0 Å². The smallest absolute Gasteiger partial charge is 0.330 e. The number of quaternary nitrogens is 1. The zero-order valence-corrected chi connectivity index (χ0v) is 12.3. The third kappa shape index (κ3) is 10.2. The van der Waals surface area contributed by atoms with Crippen molar-refractivity contribution in [1.82, 2.24) is 0 Å². The van der Waals surface area contributed by atoms with Crippen molar-refractivity contribution in [2.75, 3.05) is 33.8 Å². The molecule has 3 nitrogen and oxygen atoms in total. The van der Waals surface area contributed by atoms with Crippen molar-refractivity contribution in [1.29, 1.82) is 0 Å². The van der Waals surface area contributed by atoms with E-state index in [9.17, 15) is 4.79 Å². The summed E-state index contributed by atoms with van der Waals surface area (Å²) in [5, 5.41) is 0. The molecular formula is C12H24BrNO2. The van der Waals surface area contributed by atoms with Crippen molar-refractivity contribution in [2.24, 2.45) is 0 Å². The fourth-order valence-corrected chi connectivity index (χ4v) is 1.35. The van der Waals surface area contributed by atoms with Gasteiger partial charge in [0.15, 0.2) is 0 Å².